The van der Waals surface area contributed by atoms with E-state index < -0.39 is 9.84 Å². The summed E-state index contributed by atoms with van der Waals surface area (Å²) in [5, 5.41) is 3.10. The Labute approximate surface area is 163 Å². The van der Waals surface area contributed by atoms with Crippen molar-refractivity contribution < 1.29 is 13.2 Å². The van der Waals surface area contributed by atoms with Crippen LogP contribution in [0.1, 0.15) is 36.8 Å². The molecule has 5 nitrogen and oxygen atoms in total. The average molecular weight is 393 g/mol. The molecule has 27 heavy (non-hydrogen) atoms. The van der Waals surface area contributed by atoms with E-state index in [1.807, 2.05) is 25.1 Å². The molecule has 0 aromatic heterocycles. The van der Waals surface area contributed by atoms with Crippen LogP contribution in [0.25, 0.3) is 0 Å². The molecule has 1 aromatic rings. The molecule has 1 amide bonds. The standard InChI is InChI=1S/C21H32N2O3S/c1-17-3-2-4-20(13-17)14-21(24)22-15-18-5-9-23(10-6-18)11-7-19-8-12-27(25,26)16-19/h2-4,13,18-19H,5-12,14-16H2,1H3,(H,22,24). The number of carbonyl (C=O) groups is 1. The second-order valence-corrected chi connectivity index (χ2v) is 10.5. The van der Waals surface area contributed by atoms with Crippen molar-refractivity contribution in [3.63, 3.8) is 0 Å². The molecule has 2 fully saturated rings. The van der Waals surface area contributed by atoms with E-state index in [1.165, 1.54) is 5.56 Å². The van der Waals surface area contributed by atoms with Crippen molar-refractivity contribution in [2.75, 3.05) is 37.7 Å². The first kappa shape index (κ1) is 20.3. The lowest BCUT2D eigenvalue weighted by atomic mass is 9.95. The molecule has 1 N–H and O–H groups in total. The first-order chi connectivity index (χ1) is 12.9. The minimum absolute atomic E-state index is 0.102. The Morgan fingerprint density at radius 1 is 1.19 bits per heavy atom. The van der Waals surface area contributed by atoms with Crippen molar-refractivity contribution in [1.82, 2.24) is 10.2 Å². The topological polar surface area (TPSA) is 66.5 Å². The highest BCUT2D eigenvalue weighted by molar-refractivity contribution is 7.91. The van der Waals surface area contributed by atoms with Crippen LogP contribution in [0.4, 0.5) is 0 Å². The van der Waals surface area contributed by atoms with Crippen molar-refractivity contribution in [2.24, 2.45) is 11.8 Å². The highest BCUT2D eigenvalue weighted by Gasteiger charge is 2.28. The number of piperidine rings is 1. The average Bonchev–Trinajstić information content (AvgIpc) is 2.98. The summed E-state index contributed by atoms with van der Waals surface area (Å²) in [5.41, 5.74) is 2.25. The SMILES string of the molecule is Cc1cccc(CC(=O)NCC2CCN(CCC3CCS(=O)(=O)C3)CC2)c1. The molecule has 3 rings (SSSR count). The zero-order valence-electron chi connectivity index (χ0n) is 16.3. The summed E-state index contributed by atoms with van der Waals surface area (Å²) in [5.74, 6) is 1.77. The van der Waals surface area contributed by atoms with Gasteiger partial charge in [-0.3, -0.25) is 4.79 Å². The van der Waals surface area contributed by atoms with E-state index in [2.05, 4.69) is 16.3 Å². The van der Waals surface area contributed by atoms with E-state index in [-0.39, 0.29) is 5.91 Å². The number of likely N-dealkylation sites (tertiary alicyclic amines) is 1. The molecular weight excluding hydrogens is 360 g/mol. The highest BCUT2D eigenvalue weighted by atomic mass is 32.2. The van der Waals surface area contributed by atoms with Gasteiger partial charge in [-0.05, 0) is 69.6 Å². The maximum atomic E-state index is 12.2. The summed E-state index contributed by atoms with van der Waals surface area (Å²) in [6.07, 6.45) is 4.50. The van der Waals surface area contributed by atoms with Gasteiger partial charge in [-0.25, -0.2) is 8.42 Å². The Balaban J connectivity index is 1.31. The zero-order valence-corrected chi connectivity index (χ0v) is 17.1. The Kier molecular flexibility index (Phi) is 6.93. The van der Waals surface area contributed by atoms with Gasteiger partial charge in [-0.15, -0.1) is 0 Å². The van der Waals surface area contributed by atoms with Crippen LogP contribution in [0.15, 0.2) is 24.3 Å². The number of rotatable bonds is 7. The number of benzene rings is 1. The maximum Gasteiger partial charge on any atom is 0.224 e. The van der Waals surface area contributed by atoms with E-state index in [9.17, 15) is 13.2 Å². The molecule has 2 aliphatic heterocycles. The third-order valence-corrected chi connectivity index (χ3v) is 7.76. The fourth-order valence-corrected chi connectivity index (χ4v) is 6.12. The molecular formula is C21H32N2O3S. The van der Waals surface area contributed by atoms with Crippen LogP contribution < -0.4 is 5.32 Å². The number of carbonyl (C=O) groups excluding carboxylic acids is 1. The number of hydrogen-bond donors (Lipinski definition) is 1. The Morgan fingerprint density at radius 2 is 1.96 bits per heavy atom. The summed E-state index contributed by atoms with van der Waals surface area (Å²) in [6, 6.07) is 8.10. The number of sulfone groups is 1. The molecule has 1 unspecified atom stereocenters. The van der Waals surface area contributed by atoms with Crippen molar-refractivity contribution in [1.29, 1.82) is 0 Å². The van der Waals surface area contributed by atoms with Gasteiger partial charge in [0.05, 0.1) is 17.9 Å². The van der Waals surface area contributed by atoms with Gasteiger partial charge in [-0.2, -0.15) is 0 Å². The van der Waals surface area contributed by atoms with Crippen molar-refractivity contribution in [2.45, 2.75) is 39.0 Å². The van der Waals surface area contributed by atoms with Gasteiger partial charge in [0.2, 0.25) is 5.91 Å². The molecule has 0 bridgehead atoms. The molecule has 0 spiro atoms. The van der Waals surface area contributed by atoms with Crippen LogP contribution in [-0.4, -0.2) is 56.9 Å². The van der Waals surface area contributed by atoms with Crippen LogP contribution in [-0.2, 0) is 21.1 Å². The van der Waals surface area contributed by atoms with Gasteiger partial charge in [0.1, 0.15) is 0 Å². The highest BCUT2D eigenvalue weighted by Crippen LogP contribution is 2.23. The van der Waals surface area contributed by atoms with Gasteiger partial charge >= 0.3 is 0 Å². The van der Waals surface area contributed by atoms with E-state index in [1.54, 1.807) is 0 Å². The Morgan fingerprint density at radius 3 is 2.63 bits per heavy atom. The number of nitrogens with one attached hydrogen (secondary N) is 1. The molecule has 2 heterocycles. The fourth-order valence-electron chi connectivity index (χ4n) is 4.21. The largest absolute Gasteiger partial charge is 0.356 e. The first-order valence-corrected chi connectivity index (χ1v) is 12.0. The Bertz CT molecular complexity index is 740. The molecule has 6 heteroatoms. The first-order valence-electron chi connectivity index (χ1n) is 10.1. The van der Waals surface area contributed by atoms with Crippen molar-refractivity contribution in [3.8, 4) is 0 Å². The molecule has 0 aliphatic carbocycles. The quantitative estimate of drug-likeness (QED) is 0.772. The second-order valence-electron chi connectivity index (χ2n) is 8.31. The van der Waals surface area contributed by atoms with Gasteiger partial charge in [0.25, 0.3) is 0 Å². The second kappa shape index (κ2) is 9.20. The molecule has 1 aromatic carbocycles. The lowest BCUT2D eigenvalue weighted by Crippen LogP contribution is -2.39. The van der Waals surface area contributed by atoms with E-state index >= 15 is 0 Å². The molecule has 0 saturated carbocycles. The number of hydrogen-bond acceptors (Lipinski definition) is 4. The third-order valence-electron chi connectivity index (χ3n) is 5.92. The molecule has 150 valence electrons. The van der Waals surface area contributed by atoms with Crippen molar-refractivity contribution in [3.05, 3.63) is 35.4 Å². The molecule has 0 radical (unpaired) electrons. The molecule has 1 atom stereocenters. The van der Waals surface area contributed by atoms with Crippen LogP contribution >= 0.6 is 0 Å². The molecule has 2 saturated heterocycles. The monoisotopic (exact) mass is 392 g/mol. The minimum Gasteiger partial charge on any atom is -0.356 e. The van der Waals surface area contributed by atoms with Gasteiger partial charge < -0.3 is 10.2 Å². The smallest absolute Gasteiger partial charge is 0.224 e. The van der Waals surface area contributed by atoms with Crippen LogP contribution in [0.3, 0.4) is 0 Å². The van der Waals surface area contributed by atoms with E-state index in [0.717, 1.165) is 57.4 Å². The predicted molar refractivity (Wildman–Crippen MR) is 108 cm³/mol. The number of nitrogens with zero attached hydrogens (tertiary/aromatic N) is 1. The van der Waals surface area contributed by atoms with Crippen LogP contribution in [0.2, 0.25) is 0 Å². The minimum atomic E-state index is -2.76. The number of amides is 1. The van der Waals surface area contributed by atoms with Crippen LogP contribution in [0.5, 0.6) is 0 Å². The third kappa shape index (κ3) is 6.61. The normalized spacial score (nSPS) is 23.4. The van der Waals surface area contributed by atoms with E-state index in [4.69, 9.17) is 0 Å². The summed E-state index contributed by atoms with van der Waals surface area (Å²) in [6.45, 7) is 5.92. The fraction of sp³-hybridized carbons (Fsp3) is 0.667. The van der Waals surface area contributed by atoms with Gasteiger partial charge in [0, 0.05) is 6.54 Å². The van der Waals surface area contributed by atoms with Gasteiger partial charge in [0.15, 0.2) is 9.84 Å². The predicted octanol–water partition coefficient (Wildman–Crippen LogP) is 2.19. The summed E-state index contributed by atoms with van der Waals surface area (Å²) in [4.78, 5) is 14.6. The van der Waals surface area contributed by atoms with Crippen LogP contribution in [0, 0.1) is 18.8 Å². The maximum absolute atomic E-state index is 12.2. The summed E-state index contributed by atoms with van der Waals surface area (Å²) in [7, 11) is -2.76. The molecule has 2 aliphatic rings. The summed E-state index contributed by atoms with van der Waals surface area (Å²) >= 11 is 0. The van der Waals surface area contributed by atoms with Gasteiger partial charge in [-0.1, -0.05) is 29.8 Å². The van der Waals surface area contributed by atoms with Crippen molar-refractivity contribution >= 4 is 15.7 Å². The lowest BCUT2D eigenvalue weighted by Gasteiger charge is -2.32. The Hall–Kier alpha value is -1.40. The zero-order chi connectivity index (χ0) is 19.3. The number of aryl methyl sites for hydroxylation is 1. The summed E-state index contributed by atoms with van der Waals surface area (Å²) < 4.78 is 23.1. The van der Waals surface area contributed by atoms with E-state index in [0.29, 0.717) is 29.8 Å². The lowest BCUT2D eigenvalue weighted by molar-refractivity contribution is -0.120.